The van der Waals surface area contributed by atoms with Gasteiger partial charge in [-0.3, -0.25) is 0 Å². The number of hydrogen-bond donors (Lipinski definition) is 1. The Balaban J connectivity index is 1.57. The molecule has 0 saturated carbocycles. The summed E-state index contributed by atoms with van der Waals surface area (Å²) in [4.78, 5) is 16.1. The number of nitrogens with zero attached hydrogens (tertiary/aromatic N) is 4. The third-order valence-corrected chi connectivity index (χ3v) is 4.70. The van der Waals surface area contributed by atoms with E-state index in [1.165, 1.54) is 19.2 Å². The summed E-state index contributed by atoms with van der Waals surface area (Å²) < 4.78 is 26.2. The van der Waals surface area contributed by atoms with Crippen LogP contribution in [0.4, 0.5) is 10.2 Å². The highest BCUT2D eigenvalue weighted by Crippen LogP contribution is 2.27. The number of carbonyl (C=O) groups excluding carboxylic acids is 1. The summed E-state index contributed by atoms with van der Waals surface area (Å²) in [5.74, 6) is 0.0714. The van der Waals surface area contributed by atoms with Crippen LogP contribution in [0.2, 0.25) is 0 Å². The number of unbranched alkanes of at least 4 members (excludes halogenated alkanes) is 1. The van der Waals surface area contributed by atoms with E-state index in [0.29, 0.717) is 36.9 Å². The molecule has 0 unspecified atom stereocenters. The van der Waals surface area contributed by atoms with Crippen molar-refractivity contribution in [1.82, 2.24) is 19.7 Å². The van der Waals surface area contributed by atoms with Gasteiger partial charge in [0.05, 0.1) is 18.2 Å². The molecule has 2 heterocycles. The molecule has 0 fully saturated rings. The Bertz CT molecular complexity index is 1010. The van der Waals surface area contributed by atoms with Crippen molar-refractivity contribution in [2.45, 2.75) is 19.4 Å². The molecular weight excluding hydrogens is 445 g/mol. The Hall–Kier alpha value is -3.01. The lowest BCUT2D eigenvalue weighted by molar-refractivity contribution is 0.0595. The summed E-state index contributed by atoms with van der Waals surface area (Å²) in [5.41, 5.74) is 6.53. The van der Waals surface area contributed by atoms with Crippen molar-refractivity contribution in [3.05, 3.63) is 52.5 Å². The molecule has 2 aromatic heterocycles. The minimum Gasteiger partial charge on any atom is -0.493 e. The molecule has 0 aliphatic rings. The van der Waals surface area contributed by atoms with Crippen LogP contribution in [-0.4, -0.2) is 39.4 Å². The van der Waals surface area contributed by atoms with Crippen LogP contribution in [0.25, 0.3) is 11.5 Å². The number of aromatic nitrogens is 4. The van der Waals surface area contributed by atoms with Gasteiger partial charge in [0.1, 0.15) is 35.0 Å². The zero-order valence-electron chi connectivity index (χ0n) is 15.6. The average molecular weight is 464 g/mol. The molecule has 0 atom stereocenters. The summed E-state index contributed by atoms with van der Waals surface area (Å²) in [6.45, 7) is 0.944. The second-order valence-electron chi connectivity index (χ2n) is 6.11. The molecule has 1 aromatic carbocycles. The maximum atomic E-state index is 13.8. The van der Waals surface area contributed by atoms with E-state index in [2.05, 4.69) is 31.1 Å². The van der Waals surface area contributed by atoms with Crippen LogP contribution in [-0.2, 0) is 11.3 Å². The molecule has 3 aromatic rings. The van der Waals surface area contributed by atoms with Gasteiger partial charge >= 0.3 is 5.97 Å². The van der Waals surface area contributed by atoms with Crippen molar-refractivity contribution in [3.63, 3.8) is 0 Å². The lowest BCUT2D eigenvalue weighted by atomic mass is 10.2. The molecule has 2 N–H and O–H groups in total. The van der Waals surface area contributed by atoms with Crippen molar-refractivity contribution in [2.75, 3.05) is 19.5 Å². The number of hydrogen-bond acceptors (Lipinski definition) is 7. The standard InChI is InChI=1S/C19H19BrFN5O3/c1-28-19(27)12-9-13(20)14(21)10-16(12)29-8-3-2-7-26-11-23-25-18(26)15-5-4-6-17(22)24-15/h4-6,9-11H,2-3,7-8H2,1H3,(H2,22,24). The minimum atomic E-state index is -0.593. The number of nitrogens with two attached hydrogens (primary N) is 1. The average Bonchev–Trinajstić information content (AvgIpc) is 3.18. The third-order valence-electron chi connectivity index (χ3n) is 4.09. The first-order valence-corrected chi connectivity index (χ1v) is 9.59. The monoisotopic (exact) mass is 463 g/mol. The highest BCUT2D eigenvalue weighted by Gasteiger charge is 2.17. The molecule has 0 saturated heterocycles. The van der Waals surface area contributed by atoms with Crippen molar-refractivity contribution >= 4 is 27.7 Å². The molecule has 0 aliphatic carbocycles. The molecule has 0 bridgehead atoms. The summed E-state index contributed by atoms with van der Waals surface area (Å²) in [6, 6.07) is 7.84. The van der Waals surface area contributed by atoms with Gasteiger partial charge in [-0.25, -0.2) is 14.2 Å². The van der Waals surface area contributed by atoms with Crippen molar-refractivity contribution in [1.29, 1.82) is 0 Å². The van der Waals surface area contributed by atoms with E-state index in [4.69, 9.17) is 15.2 Å². The van der Waals surface area contributed by atoms with E-state index in [9.17, 15) is 9.18 Å². The van der Waals surface area contributed by atoms with Gasteiger partial charge in [0.2, 0.25) is 0 Å². The number of methoxy groups -OCH3 is 1. The normalized spacial score (nSPS) is 10.7. The molecule has 10 heteroatoms. The van der Waals surface area contributed by atoms with Crippen LogP contribution in [0.5, 0.6) is 5.75 Å². The van der Waals surface area contributed by atoms with Crippen molar-refractivity contribution in [2.24, 2.45) is 0 Å². The summed E-state index contributed by atoms with van der Waals surface area (Å²) in [6.07, 6.45) is 3.04. The number of ether oxygens (including phenoxy) is 2. The molecule has 0 spiro atoms. The Kier molecular flexibility index (Phi) is 6.76. The van der Waals surface area contributed by atoms with Crippen LogP contribution in [0.3, 0.4) is 0 Å². The Morgan fingerprint density at radius 2 is 2.14 bits per heavy atom. The number of benzene rings is 1. The number of anilines is 1. The minimum absolute atomic E-state index is 0.145. The first-order chi connectivity index (χ1) is 14.0. The fourth-order valence-corrected chi connectivity index (χ4v) is 3.02. The van der Waals surface area contributed by atoms with E-state index in [0.717, 1.165) is 6.42 Å². The number of carbonyl (C=O) groups is 1. The van der Waals surface area contributed by atoms with Crippen LogP contribution >= 0.6 is 15.9 Å². The van der Waals surface area contributed by atoms with Gasteiger partial charge in [0.15, 0.2) is 5.82 Å². The first-order valence-electron chi connectivity index (χ1n) is 8.80. The molecule has 152 valence electrons. The predicted molar refractivity (Wildman–Crippen MR) is 108 cm³/mol. The number of halogens is 2. The molecule has 8 nitrogen and oxygen atoms in total. The number of nitrogen functional groups attached to an aromatic ring is 1. The Morgan fingerprint density at radius 1 is 1.31 bits per heavy atom. The van der Waals surface area contributed by atoms with Gasteiger partial charge < -0.3 is 19.8 Å². The largest absolute Gasteiger partial charge is 0.493 e. The van der Waals surface area contributed by atoms with Gasteiger partial charge in [-0.05, 0) is 47.0 Å². The van der Waals surface area contributed by atoms with E-state index in [1.807, 2.05) is 10.6 Å². The molecular formula is C19H19BrFN5O3. The summed E-state index contributed by atoms with van der Waals surface area (Å²) >= 11 is 3.06. The number of esters is 1. The second kappa shape index (κ2) is 9.46. The summed E-state index contributed by atoms with van der Waals surface area (Å²) in [5, 5.41) is 8.03. The van der Waals surface area contributed by atoms with Crippen molar-refractivity contribution in [3.8, 4) is 17.3 Å². The molecule has 3 rings (SSSR count). The predicted octanol–water partition coefficient (Wildman–Crippen LogP) is 3.47. The lowest BCUT2D eigenvalue weighted by Gasteiger charge is -2.12. The van der Waals surface area contributed by atoms with Crippen LogP contribution in [0, 0.1) is 5.82 Å². The van der Waals surface area contributed by atoms with Gasteiger partial charge in [-0.2, -0.15) is 0 Å². The fraction of sp³-hybridized carbons (Fsp3) is 0.263. The topological polar surface area (TPSA) is 105 Å². The number of aryl methyl sites for hydroxylation is 1. The van der Waals surface area contributed by atoms with Crippen LogP contribution < -0.4 is 10.5 Å². The SMILES string of the molecule is COC(=O)c1cc(Br)c(F)cc1OCCCCn1cnnc1-c1cccc(N)n1. The maximum absolute atomic E-state index is 13.8. The third kappa shape index (κ3) is 5.08. The fourth-order valence-electron chi connectivity index (χ4n) is 2.68. The Labute approximate surface area is 175 Å². The zero-order chi connectivity index (χ0) is 20.8. The Morgan fingerprint density at radius 3 is 2.90 bits per heavy atom. The molecule has 29 heavy (non-hydrogen) atoms. The van der Waals surface area contributed by atoms with Crippen molar-refractivity contribution < 1.29 is 18.7 Å². The number of rotatable bonds is 8. The van der Waals surface area contributed by atoms with Gasteiger partial charge in [0.25, 0.3) is 0 Å². The number of pyridine rings is 1. The maximum Gasteiger partial charge on any atom is 0.341 e. The lowest BCUT2D eigenvalue weighted by Crippen LogP contribution is -2.08. The second-order valence-corrected chi connectivity index (χ2v) is 6.96. The van der Waals surface area contributed by atoms with E-state index < -0.39 is 11.8 Å². The zero-order valence-corrected chi connectivity index (χ0v) is 17.2. The van der Waals surface area contributed by atoms with Crippen LogP contribution in [0.15, 0.2) is 41.1 Å². The highest BCUT2D eigenvalue weighted by atomic mass is 79.9. The van der Waals surface area contributed by atoms with Gasteiger partial charge in [-0.1, -0.05) is 6.07 Å². The van der Waals surface area contributed by atoms with Gasteiger partial charge in [0, 0.05) is 12.6 Å². The van der Waals surface area contributed by atoms with Gasteiger partial charge in [-0.15, -0.1) is 10.2 Å². The first kappa shape index (κ1) is 20.7. The highest BCUT2D eigenvalue weighted by molar-refractivity contribution is 9.10. The van der Waals surface area contributed by atoms with E-state index in [1.54, 1.807) is 18.5 Å². The quantitative estimate of drug-likeness (QED) is 0.402. The molecule has 0 aliphatic heterocycles. The molecule has 0 radical (unpaired) electrons. The summed E-state index contributed by atoms with van der Waals surface area (Å²) in [7, 11) is 1.26. The molecule has 0 amide bonds. The smallest absolute Gasteiger partial charge is 0.341 e. The van der Waals surface area contributed by atoms with E-state index in [-0.39, 0.29) is 15.8 Å². The van der Waals surface area contributed by atoms with Crippen LogP contribution in [0.1, 0.15) is 23.2 Å². The van der Waals surface area contributed by atoms with E-state index >= 15 is 0 Å².